The van der Waals surface area contributed by atoms with Crippen molar-refractivity contribution in [3.05, 3.63) is 27.8 Å². The van der Waals surface area contributed by atoms with Crippen LogP contribution >= 0.6 is 0 Å². The minimum absolute atomic E-state index is 0.158. The fourth-order valence-electron chi connectivity index (χ4n) is 1.14. The highest BCUT2D eigenvalue weighted by molar-refractivity contribution is 5.85. The molecule has 0 spiro atoms. The van der Waals surface area contributed by atoms with Crippen molar-refractivity contribution < 1.29 is 14.6 Å². The van der Waals surface area contributed by atoms with Gasteiger partial charge in [0.05, 0.1) is 12.8 Å². The summed E-state index contributed by atoms with van der Waals surface area (Å²) in [6, 6.07) is 0. The summed E-state index contributed by atoms with van der Waals surface area (Å²) >= 11 is 0. The highest BCUT2D eigenvalue weighted by Gasteiger charge is 2.24. The van der Waals surface area contributed by atoms with Crippen molar-refractivity contribution in [1.82, 2.24) is 9.66 Å². The van der Waals surface area contributed by atoms with Gasteiger partial charge in [-0.1, -0.05) is 6.92 Å². The fourth-order valence-corrected chi connectivity index (χ4v) is 1.14. The van der Waals surface area contributed by atoms with Crippen LogP contribution in [0.3, 0.4) is 0 Å². The first-order valence-electron chi connectivity index (χ1n) is 4.50. The second-order valence-electron chi connectivity index (χ2n) is 2.70. The SMILES string of the molecule is CCOC(=O)c1ncc(CC)n1[N+](=O)[O-]. The van der Waals surface area contributed by atoms with Crippen LogP contribution in [0, 0.1) is 10.1 Å². The molecule has 82 valence electrons. The molecule has 1 aromatic heterocycles. The van der Waals surface area contributed by atoms with Crippen LogP contribution in [0.1, 0.15) is 30.2 Å². The summed E-state index contributed by atoms with van der Waals surface area (Å²) in [4.78, 5) is 25.7. The van der Waals surface area contributed by atoms with E-state index in [-0.39, 0.29) is 12.4 Å². The Morgan fingerprint density at radius 2 is 2.33 bits per heavy atom. The lowest BCUT2D eigenvalue weighted by molar-refractivity contribution is -0.544. The number of ether oxygens (including phenoxy) is 1. The normalized spacial score (nSPS) is 10.0. The van der Waals surface area contributed by atoms with Crippen LogP contribution in [0.2, 0.25) is 0 Å². The number of rotatable bonds is 4. The maximum Gasteiger partial charge on any atom is 0.380 e. The van der Waals surface area contributed by atoms with Crippen molar-refractivity contribution in [3.63, 3.8) is 0 Å². The Labute approximate surface area is 85.8 Å². The summed E-state index contributed by atoms with van der Waals surface area (Å²) in [5.74, 6) is -1.08. The number of aryl methyl sites for hydroxylation is 1. The Hall–Kier alpha value is -1.92. The van der Waals surface area contributed by atoms with Crippen molar-refractivity contribution in [2.45, 2.75) is 20.3 Å². The third kappa shape index (κ3) is 2.12. The molecular formula is C8H11N3O4. The van der Waals surface area contributed by atoms with Crippen LogP contribution < -0.4 is 0 Å². The molecule has 0 aliphatic heterocycles. The first-order chi connectivity index (χ1) is 7.11. The molecule has 0 saturated heterocycles. The van der Waals surface area contributed by atoms with Gasteiger partial charge in [0.15, 0.2) is 5.03 Å². The molecule has 7 heteroatoms. The lowest BCUT2D eigenvalue weighted by Gasteiger charge is -2.00. The predicted molar refractivity (Wildman–Crippen MR) is 50.0 cm³/mol. The Morgan fingerprint density at radius 1 is 1.67 bits per heavy atom. The van der Waals surface area contributed by atoms with Gasteiger partial charge < -0.3 is 4.74 Å². The van der Waals surface area contributed by atoms with Crippen molar-refractivity contribution in [1.29, 1.82) is 0 Å². The topological polar surface area (TPSA) is 87.3 Å². The molecule has 0 fully saturated rings. The van der Waals surface area contributed by atoms with E-state index >= 15 is 0 Å². The molecule has 0 radical (unpaired) electrons. The van der Waals surface area contributed by atoms with E-state index in [9.17, 15) is 14.9 Å². The van der Waals surface area contributed by atoms with Gasteiger partial charge >= 0.3 is 5.97 Å². The highest BCUT2D eigenvalue weighted by Crippen LogP contribution is 2.07. The molecule has 1 rings (SSSR count). The second kappa shape index (κ2) is 4.54. The quantitative estimate of drug-likeness (QED) is 0.416. The molecule has 0 unspecified atom stereocenters. The Bertz CT molecular complexity index is 385. The summed E-state index contributed by atoms with van der Waals surface area (Å²) in [7, 11) is 0. The van der Waals surface area contributed by atoms with E-state index in [4.69, 9.17) is 0 Å². The van der Waals surface area contributed by atoms with Crippen molar-refractivity contribution in [2.75, 3.05) is 6.61 Å². The summed E-state index contributed by atoms with van der Waals surface area (Å²) in [5, 5.41) is 10.0. The Morgan fingerprint density at radius 3 is 2.80 bits per heavy atom. The molecule has 15 heavy (non-hydrogen) atoms. The minimum atomic E-state index is -0.783. The average Bonchev–Trinajstić information content (AvgIpc) is 2.61. The van der Waals surface area contributed by atoms with Gasteiger partial charge in [0.25, 0.3) is 5.82 Å². The number of nitro groups is 1. The molecule has 0 saturated carbocycles. The van der Waals surface area contributed by atoms with Crippen LogP contribution in [0.4, 0.5) is 0 Å². The van der Waals surface area contributed by atoms with E-state index in [1.165, 1.54) is 6.20 Å². The molecule has 0 bridgehead atoms. The van der Waals surface area contributed by atoms with Gasteiger partial charge in [-0.3, -0.25) is 0 Å². The first kappa shape index (κ1) is 11.2. The maximum atomic E-state index is 11.3. The monoisotopic (exact) mass is 213 g/mol. The largest absolute Gasteiger partial charge is 0.460 e. The van der Waals surface area contributed by atoms with E-state index < -0.39 is 11.0 Å². The molecule has 0 atom stereocenters. The number of carbonyl (C=O) groups is 1. The molecule has 0 N–H and O–H groups in total. The number of imidazole rings is 1. The molecule has 0 amide bonds. The van der Waals surface area contributed by atoms with Gasteiger partial charge in [-0.15, -0.1) is 0 Å². The van der Waals surface area contributed by atoms with Gasteiger partial charge in [0.2, 0.25) is 0 Å². The van der Waals surface area contributed by atoms with Gasteiger partial charge in [0.1, 0.15) is 5.69 Å². The molecule has 7 nitrogen and oxygen atoms in total. The van der Waals surface area contributed by atoms with Crippen molar-refractivity contribution in [2.24, 2.45) is 0 Å². The number of hydrogen-bond acceptors (Lipinski definition) is 5. The lowest BCUT2D eigenvalue weighted by atomic mass is 10.4. The molecule has 0 aliphatic rings. The zero-order valence-electron chi connectivity index (χ0n) is 8.47. The summed E-state index contributed by atoms with van der Waals surface area (Å²) in [6.45, 7) is 3.52. The molecular weight excluding hydrogens is 202 g/mol. The first-order valence-corrected chi connectivity index (χ1v) is 4.50. The van der Waals surface area contributed by atoms with Crippen LogP contribution in [0.5, 0.6) is 0 Å². The van der Waals surface area contributed by atoms with Crippen LogP contribution in [-0.4, -0.2) is 27.3 Å². The number of nitrogens with zero attached hydrogens (tertiary/aromatic N) is 3. The van der Waals surface area contributed by atoms with E-state index in [1.807, 2.05) is 0 Å². The third-order valence-electron chi connectivity index (χ3n) is 1.79. The van der Waals surface area contributed by atoms with E-state index in [0.29, 0.717) is 16.8 Å². The number of esters is 1. The van der Waals surface area contributed by atoms with Crippen LogP contribution in [0.15, 0.2) is 6.20 Å². The Balaban J connectivity index is 3.13. The fraction of sp³-hybridized carbons (Fsp3) is 0.500. The van der Waals surface area contributed by atoms with Gasteiger partial charge in [-0.05, 0) is 18.0 Å². The second-order valence-corrected chi connectivity index (χ2v) is 2.70. The summed E-state index contributed by atoms with van der Waals surface area (Å²) < 4.78 is 5.30. The maximum absolute atomic E-state index is 11.3. The van der Waals surface area contributed by atoms with E-state index in [1.54, 1.807) is 13.8 Å². The molecule has 1 aromatic rings. The van der Waals surface area contributed by atoms with Gasteiger partial charge in [0, 0.05) is 0 Å². The average molecular weight is 213 g/mol. The number of hydrogen-bond donors (Lipinski definition) is 0. The predicted octanol–water partition coefficient (Wildman–Crippen LogP) is 0.662. The van der Waals surface area contributed by atoms with Crippen LogP contribution in [0.25, 0.3) is 0 Å². The van der Waals surface area contributed by atoms with E-state index in [2.05, 4.69) is 9.72 Å². The van der Waals surface area contributed by atoms with E-state index in [0.717, 1.165) is 0 Å². The minimum Gasteiger partial charge on any atom is -0.460 e. The summed E-state index contributed by atoms with van der Waals surface area (Å²) in [6.07, 6.45) is 1.72. The third-order valence-corrected chi connectivity index (χ3v) is 1.79. The van der Waals surface area contributed by atoms with Crippen molar-refractivity contribution in [3.8, 4) is 0 Å². The lowest BCUT2D eigenvalue weighted by Crippen LogP contribution is -2.20. The van der Waals surface area contributed by atoms with Crippen molar-refractivity contribution >= 4 is 5.97 Å². The molecule has 0 aromatic carbocycles. The standard InChI is InChI=1S/C8H11N3O4/c1-3-6-5-9-7(8(12)15-4-2)10(6)11(13)14/h5H,3-4H2,1-2H3. The highest BCUT2D eigenvalue weighted by atomic mass is 16.7. The van der Waals surface area contributed by atoms with Gasteiger partial charge in [-0.2, -0.15) is 0 Å². The molecule has 1 heterocycles. The zero-order valence-corrected chi connectivity index (χ0v) is 8.47. The van der Waals surface area contributed by atoms with Crippen LogP contribution in [-0.2, 0) is 11.2 Å². The summed E-state index contributed by atoms with van der Waals surface area (Å²) in [5.41, 5.74) is 0.364. The van der Waals surface area contributed by atoms with Gasteiger partial charge in [-0.25, -0.2) is 19.9 Å². The number of carbonyl (C=O) groups excluding carboxylic acids is 1. The zero-order chi connectivity index (χ0) is 11.4. The molecule has 0 aliphatic carbocycles. The Kier molecular flexibility index (Phi) is 3.37. The smallest absolute Gasteiger partial charge is 0.380 e. The number of aromatic nitrogens is 2.